The standard InChI is InChI=1S/C60H36O/c1-2-13-37(14-3-1)38-25-27-41(28-26-38)56-47-20-8-10-22-49(47)59(50-23-11-9-21-48(50)56)53-35-43-17-12-24-46(57(43)52-33-29-39-15-4-6-18-44(39)58(52)53)42-30-32-51-55(36-42)61-54-34-31-40-16-5-7-19-45(40)60(51)54/h1-36H. The summed E-state index contributed by atoms with van der Waals surface area (Å²) in [6, 6.07) is 80.1. The molecule has 0 fully saturated rings. The molecule has 13 rings (SSSR count). The molecule has 0 amide bonds. The highest BCUT2D eigenvalue weighted by Gasteiger charge is 2.22. The topological polar surface area (TPSA) is 13.1 Å². The highest BCUT2D eigenvalue weighted by Crippen LogP contribution is 2.49. The molecule has 13 aromatic rings. The Kier molecular flexibility index (Phi) is 7.37. The summed E-state index contributed by atoms with van der Waals surface area (Å²) >= 11 is 0. The van der Waals surface area contributed by atoms with E-state index in [4.69, 9.17) is 4.42 Å². The first-order chi connectivity index (χ1) is 30.3. The highest BCUT2D eigenvalue weighted by atomic mass is 16.3. The molecule has 0 aliphatic carbocycles. The van der Waals surface area contributed by atoms with Crippen LogP contribution in [-0.4, -0.2) is 0 Å². The largest absolute Gasteiger partial charge is 0.456 e. The Bertz CT molecular complexity index is 3850. The number of rotatable bonds is 4. The number of furan rings is 1. The lowest BCUT2D eigenvalue weighted by atomic mass is 9.82. The molecular formula is C60H36O. The molecule has 0 bridgehead atoms. The Morgan fingerprint density at radius 1 is 0.230 bits per heavy atom. The van der Waals surface area contributed by atoms with Gasteiger partial charge in [0.05, 0.1) is 0 Å². The summed E-state index contributed by atoms with van der Waals surface area (Å²) < 4.78 is 6.61. The molecule has 1 heteroatoms. The number of fused-ring (bicyclic) bond motifs is 12. The summed E-state index contributed by atoms with van der Waals surface area (Å²) in [7, 11) is 0. The van der Waals surface area contributed by atoms with E-state index >= 15 is 0 Å². The second-order valence-corrected chi connectivity index (χ2v) is 16.3. The molecule has 0 unspecified atom stereocenters. The van der Waals surface area contributed by atoms with Crippen LogP contribution in [0.5, 0.6) is 0 Å². The summed E-state index contributed by atoms with van der Waals surface area (Å²) in [6.07, 6.45) is 0. The first kappa shape index (κ1) is 33.9. The van der Waals surface area contributed by atoms with Crippen LogP contribution >= 0.6 is 0 Å². The van der Waals surface area contributed by atoms with E-state index in [1.807, 2.05) is 0 Å². The molecule has 0 atom stereocenters. The van der Waals surface area contributed by atoms with Gasteiger partial charge >= 0.3 is 0 Å². The van der Waals surface area contributed by atoms with E-state index in [0.29, 0.717) is 0 Å². The Hall–Kier alpha value is -8.00. The Labute approximate surface area is 352 Å². The van der Waals surface area contributed by atoms with Gasteiger partial charge in [0.1, 0.15) is 11.2 Å². The van der Waals surface area contributed by atoms with Gasteiger partial charge < -0.3 is 4.42 Å². The van der Waals surface area contributed by atoms with Crippen molar-refractivity contribution >= 4 is 86.6 Å². The van der Waals surface area contributed by atoms with Crippen molar-refractivity contribution in [2.45, 2.75) is 0 Å². The van der Waals surface area contributed by atoms with Crippen LogP contribution in [0.25, 0.3) is 131 Å². The van der Waals surface area contributed by atoms with Crippen LogP contribution in [0, 0.1) is 0 Å². The predicted molar refractivity (Wildman–Crippen MR) is 260 cm³/mol. The van der Waals surface area contributed by atoms with Crippen LogP contribution in [0.1, 0.15) is 0 Å². The van der Waals surface area contributed by atoms with Crippen LogP contribution in [0.2, 0.25) is 0 Å². The van der Waals surface area contributed by atoms with Gasteiger partial charge in [0, 0.05) is 10.8 Å². The van der Waals surface area contributed by atoms with Crippen LogP contribution in [0.4, 0.5) is 0 Å². The second-order valence-electron chi connectivity index (χ2n) is 16.3. The second kappa shape index (κ2) is 13.3. The van der Waals surface area contributed by atoms with Gasteiger partial charge in [-0.15, -0.1) is 0 Å². The maximum absolute atomic E-state index is 6.61. The lowest BCUT2D eigenvalue weighted by Gasteiger charge is -2.21. The van der Waals surface area contributed by atoms with Gasteiger partial charge in [0.2, 0.25) is 0 Å². The van der Waals surface area contributed by atoms with Crippen LogP contribution in [0.3, 0.4) is 0 Å². The third kappa shape index (κ3) is 5.14. The monoisotopic (exact) mass is 772 g/mol. The van der Waals surface area contributed by atoms with Crippen LogP contribution < -0.4 is 0 Å². The van der Waals surface area contributed by atoms with Gasteiger partial charge in [-0.2, -0.15) is 0 Å². The van der Waals surface area contributed by atoms with Crippen molar-refractivity contribution in [1.82, 2.24) is 0 Å². The summed E-state index contributed by atoms with van der Waals surface area (Å²) in [4.78, 5) is 0. The van der Waals surface area contributed by atoms with E-state index in [1.54, 1.807) is 0 Å². The average Bonchev–Trinajstić information content (AvgIpc) is 3.71. The molecule has 0 spiro atoms. The number of hydrogen-bond acceptors (Lipinski definition) is 1. The first-order valence-electron chi connectivity index (χ1n) is 21.1. The summed E-state index contributed by atoms with van der Waals surface area (Å²) in [5, 5.41) is 17.2. The van der Waals surface area contributed by atoms with Crippen molar-refractivity contribution in [2.75, 3.05) is 0 Å². The minimum atomic E-state index is 0.903. The lowest BCUT2D eigenvalue weighted by Crippen LogP contribution is -1.93. The van der Waals surface area contributed by atoms with E-state index in [1.165, 1.54) is 109 Å². The third-order valence-corrected chi connectivity index (χ3v) is 13.0. The van der Waals surface area contributed by atoms with Crippen molar-refractivity contribution in [1.29, 1.82) is 0 Å². The zero-order chi connectivity index (χ0) is 40.0. The molecule has 12 aromatic carbocycles. The quantitative estimate of drug-likeness (QED) is 0.128. The maximum atomic E-state index is 6.61. The fourth-order valence-electron chi connectivity index (χ4n) is 10.3. The number of hydrogen-bond donors (Lipinski definition) is 0. The maximum Gasteiger partial charge on any atom is 0.136 e. The van der Waals surface area contributed by atoms with E-state index in [2.05, 4.69) is 218 Å². The molecule has 0 aliphatic heterocycles. The minimum Gasteiger partial charge on any atom is -0.456 e. The fraction of sp³-hybridized carbons (Fsp3) is 0. The van der Waals surface area contributed by atoms with Gasteiger partial charge in [-0.25, -0.2) is 0 Å². The molecule has 282 valence electrons. The summed E-state index contributed by atoms with van der Waals surface area (Å²) in [5.74, 6) is 0. The molecular weight excluding hydrogens is 737 g/mol. The van der Waals surface area contributed by atoms with Crippen LogP contribution in [0.15, 0.2) is 223 Å². The normalized spacial score (nSPS) is 11.9. The molecule has 0 N–H and O–H groups in total. The average molecular weight is 773 g/mol. The van der Waals surface area contributed by atoms with E-state index in [-0.39, 0.29) is 0 Å². The molecule has 0 saturated carbocycles. The van der Waals surface area contributed by atoms with Crippen molar-refractivity contribution in [3.8, 4) is 44.5 Å². The van der Waals surface area contributed by atoms with E-state index < -0.39 is 0 Å². The molecule has 61 heavy (non-hydrogen) atoms. The SMILES string of the molecule is c1ccc(-c2ccc(-c3c4ccccc4c(-c4cc5cccc(-c6ccc7c(c6)oc6ccc8ccccc8c67)c5c5ccc6ccccc6c45)c4ccccc34)cc2)cc1. The van der Waals surface area contributed by atoms with Gasteiger partial charge in [-0.1, -0.05) is 194 Å². The summed E-state index contributed by atoms with van der Waals surface area (Å²) in [6.45, 7) is 0. The van der Waals surface area contributed by atoms with Crippen LogP contribution in [-0.2, 0) is 0 Å². The third-order valence-electron chi connectivity index (χ3n) is 13.0. The molecule has 0 saturated heterocycles. The van der Waals surface area contributed by atoms with E-state index in [0.717, 1.165) is 22.1 Å². The minimum absolute atomic E-state index is 0.903. The zero-order valence-corrected chi connectivity index (χ0v) is 33.2. The highest BCUT2D eigenvalue weighted by molar-refractivity contribution is 6.31. The smallest absolute Gasteiger partial charge is 0.136 e. The fourth-order valence-corrected chi connectivity index (χ4v) is 10.3. The zero-order valence-electron chi connectivity index (χ0n) is 33.2. The van der Waals surface area contributed by atoms with Crippen molar-refractivity contribution in [2.24, 2.45) is 0 Å². The predicted octanol–water partition coefficient (Wildman–Crippen LogP) is 17.2. The molecule has 0 aliphatic rings. The van der Waals surface area contributed by atoms with Gasteiger partial charge in [0.15, 0.2) is 0 Å². The van der Waals surface area contributed by atoms with Crippen molar-refractivity contribution in [3.05, 3.63) is 218 Å². The van der Waals surface area contributed by atoms with E-state index in [9.17, 15) is 0 Å². The first-order valence-corrected chi connectivity index (χ1v) is 21.1. The molecule has 1 aromatic heterocycles. The number of benzene rings is 12. The van der Waals surface area contributed by atoms with Crippen molar-refractivity contribution in [3.63, 3.8) is 0 Å². The summed E-state index contributed by atoms with van der Waals surface area (Å²) in [5.41, 5.74) is 11.6. The van der Waals surface area contributed by atoms with Gasteiger partial charge in [-0.05, 0) is 133 Å². The molecule has 0 radical (unpaired) electrons. The molecule has 1 nitrogen and oxygen atoms in total. The molecule has 1 heterocycles. The Morgan fingerprint density at radius 3 is 1.46 bits per heavy atom. The Morgan fingerprint density at radius 2 is 0.754 bits per heavy atom. The van der Waals surface area contributed by atoms with Gasteiger partial charge in [0.25, 0.3) is 0 Å². The van der Waals surface area contributed by atoms with Crippen molar-refractivity contribution < 1.29 is 4.42 Å². The lowest BCUT2D eigenvalue weighted by molar-refractivity contribution is 0.669. The van der Waals surface area contributed by atoms with Gasteiger partial charge in [-0.3, -0.25) is 0 Å². The Balaban J connectivity index is 1.09.